The molecule has 6 rings (SSSR count). The molecule has 1 heterocycles. The topological polar surface area (TPSA) is 58.5 Å². The molecule has 0 saturated heterocycles. The number of benzene rings is 4. The highest BCUT2D eigenvalue weighted by atomic mass is 16.5. The van der Waals surface area contributed by atoms with Crippen molar-refractivity contribution in [3.05, 3.63) is 117 Å². The summed E-state index contributed by atoms with van der Waals surface area (Å²) in [4.78, 5) is 5.07. The molecule has 4 aromatic rings. The van der Waals surface area contributed by atoms with E-state index in [0.717, 1.165) is 98.8 Å². The van der Waals surface area contributed by atoms with Gasteiger partial charge in [0.25, 0.3) is 0 Å². The normalized spacial score (nSPS) is 15.2. The van der Waals surface area contributed by atoms with Gasteiger partial charge < -0.3 is 23.7 Å². The molecule has 0 radical (unpaired) electrons. The molecule has 0 fully saturated rings. The van der Waals surface area contributed by atoms with Crippen LogP contribution in [0, 0.1) is 5.92 Å². The zero-order chi connectivity index (χ0) is 36.5. The lowest BCUT2D eigenvalue weighted by Crippen LogP contribution is -2.13. The van der Waals surface area contributed by atoms with E-state index < -0.39 is 0 Å². The zero-order valence-corrected chi connectivity index (χ0v) is 32.2. The molecule has 6 nitrogen and oxygen atoms in total. The molecule has 0 aromatic heterocycles. The molecule has 0 saturated carbocycles. The maximum Gasteiger partial charge on any atom is 0.216 e. The molecule has 52 heavy (non-hydrogen) atoms. The fourth-order valence-electron chi connectivity index (χ4n) is 7.16. The van der Waals surface area contributed by atoms with Crippen LogP contribution in [0.25, 0.3) is 0 Å². The summed E-state index contributed by atoms with van der Waals surface area (Å²) in [7, 11) is 0. The van der Waals surface area contributed by atoms with E-state index in [9.17, 15) is 0 Å². The van der Waals surface area contributed by atoms with E-state index in [4.69, 9.17) is 28.7 Å². The van der Waals surface area contributed by atoms with E-state index in [2.05, 4.69) is 108 Å². The fraction of sp³-hybridized carbons (Fsp3) is 0.457. The van der Waals surface area contributed by atoms with Crippen molar-refractivity contribution in [1.82, 2.24) is 0 Å². The van der Waals surface area contributed by atoms with Crippen LogP contribution >= 0.6 is 0 Å². The van der Waals surface area contributed by atoms with Gasteiger partial charge in [0.1, 0.15) is 29.6 Å². The number of hydrogen-bond donors (Lipinski definition) is 0. The first-order valence-corrected chi connectivity index (χ1v) is 19.6. The van der Waals surface area contributed by atoms with Gasteiger partial charge in [0.15, 0.2) is 0 Å². The molecule has 6 heteroatoms. The minimum Gasteiger partial charge on any atom is -0.493 e. The Labute approximate surface area is 311 Å². The smallest absolute Gasteiger partial charge is 0.216 e. The number of nitrogens with zero attached hydrogens (tertiary/aromatic N) is 1. The Bertz CT molecular complexity index is 1740. The second-order valence-corrected chi connectivity index (χ2v) is 14.5. The minimum absolute atomic E-state index is 0.142. The minimum atomic E-state index is 0.142. The molecule has 0 amide bonds. The third-order valence-electron chi connectivity index (χ3n) is 9.79. The Balaban J connectivity index is 1.61. The lowest BCUT2D eigenvalue weighted by atomic mass is 9.90. The number of fused-ring (bicyclic) bond motifs is 8. The second kappa shape index (κ2) is 17.9. The summed E-state index contributed by atoms with van der Waals surface area (Å²) in [5.41, 5.74) is 10.1. The molecule has 276 valence electrons. The van der Waals surface area contributed by atoms with Gasteiger partial charge >= 0.3 is 0 Å². The Kier molecular flexibility index (Phi) is 12.8. The van der Waals surface area contributed by atoms with Crippen molar-refractivity contribution in [2.45, 2.75) is 99.0 Å². The van der Waals surface area contributed by atoms with Crippen molar-refractivity contribution in [3.8, 4) is 23.0 Å². The Morgan fingerprint density at radius 2 is 0.865 bits per heavy atom. The van der Waals surface area contributed by atoms with Gasteiger partial charge in [0, 0.05) is 31.2 Å². The highest BCUT2D eigenvalue weighted by Crippen LogP contribution is 2.40. The first-order chi connectivity index (χ1) is 25.4. The summed E-state index contributed by atoms with van der Waals surface area (Å²) in [6, 6.07) is 24.4. The molecule has 4 aromatic carbocycles. The van der Waals surface area contributed by atoms with Crippen LogP contribution in [0.4, 0.5) is 0 Å². The van der Waals surface area contributed by atoms with Crippen LogP contribution in [0.5, 0.6) is 23.0 Å². The van der Waals surface area contributed by atoms with Crippen LogP contribution in [0.2, 0.25) is 0 Å². The molecule has 2 aliphatic rings. The highest BCUT2D eigenvalue weighted by Gasteiger charge is 2.27. The van der Waals surface area contributed by atoms with Gasteiger partial charge in [-0.1, -0.05) is 96.1 Å². The lowest BCUT2D eigenvalue weighted by molar-refractivity contribution is 0.291. The quantitative estimate of drug-likeness (QED) is 0.115. The maximum absolute atomic E-state index is 6.73. The third-order valence-corrected chi connectivity index (χ3v) is 9.79. The Morgan fingerprint density at radius 3 is 1.17 bits per heavy atom. The number of para-hydroxylation sites is 3. The van der Waals surface area contributed by atoms with Crippen molar-refractivity contribution in [2.24, 2.45) is 10.9 Å². The molecule has 0 unspecified atom stereocenters. The Hall–Kier alpha value is -4.45. The SMILES string of the molecule is CCCOc1c2cccc1Cc1cccc(c1OCCC)Cc1cc(C3=N[C@@H](C(C)C)CO3)cc(c1OCCC)Cc1cccc(c1OCCC)C2. The predicted octanol–water partition coefficient (Wildman–Crippen LogP) is 10.3. The van der Waals surface area contributed by atoms with Gasteiger partial charge in [-0.25, -0.2) is 4.99 Å². The van der Waals surface area contributed by atoms with Gasteiger partial charge in [-0.3, -0.25) is 0 Å². The van der Waals surface area contributed by atoms with Crippen molar-refractivity contribution >= 4 is 5.90 Å². The summed E-state index contributed by atoms with van der Waals surface area (Å²) >= 11 is 0. The molecule has 0 spiro atoms. The molecule has 1 atom stereocenters. The monoisotopic (exact) mass is 703 g/mol. The van der Waals surface area contributed by atoms with Crippen LogP contribution in [0.1, 0.15) is 117 Å². The second-order valence-electron chi connectivity index (χ2n) is 14.5. The Morgan fingerprint density at radius 1 is 0.538 bits per heavy atom. The van der Waals surface area contributed by atoms with E-state index in [0.29, 0.717) is 70.5 Å². The molecule has 1 aliphatic heterocycles. The number of rotatable bonds is 14. The predicted molar refractivity (Wildman–Crippen MR) is 211 cm³/mol. The van der Waals surface area contributed by atoms with Gasteiger partial charge in [0.05, 0.1) is 32.5 Å². The van der Waals surface area contributed by atoms with E-state index in [1.54, 1.807) is 0 Å². The molecule has 1 aliphatic carbocycles. The van der Waals surface area contributed by atoms with Crippen LogP contribution in [0.15, 0.2) is 71.7 Å². The average Bonchev–Trinajstić information content (AvgIpc) is 3.65. The standard InChI is InChI=1S/C46H57NO5/c1-7-20-48-42-32-14-11-15-33(42)25-35-17-13-19-37(44(35)50-22-9-3)27-39-29-40(46-47-41(30-52-46)31(5)6)28-38(45(39)51-23-10-4)26-36-18-12-16-34(24-32)43(36)49-21-8-2/h11-19,28-29,31,41H,7-10,20-27,30H2,1-6H3/t41-/m1/s1. The largest absolute Gasteiger partial charge is 0.493 e. The van der Waals surface area contributed by atoms with Crippen LogP contribution < -0.4 is 18.9 Å². The summed E-state index contributed by atoms with van der Waals surface area (Å²) in [6.07, 6.45) is 6.38. The van der Waals surface area contributed by atoms with Gasteiger partial charge in [0.2, 0.25) is 5.90 Å². The number of hydrogen-bond acceptors (Lipinski definition) is 6. The molecule has 8 bridgehead atoms. The van der Waals surface area contributed by atoms with Crippen molar-refractivity contribution in [1.29, 1.82) is 0 Å². The summed E-state index contributed by atoms with van der Waals surface area (Å²) in [5.74, 6) is 4.91. The average molecular weight is 704 g/mol. The maximum atomic E-state index is 6.73. The van der Waals surface area contributed by atoms with Crippen LogP contribution in [-0.2, 0) is 30.4 Å². The van der Waals surface area contributed by atoms with Crippen molar-refractivity contribution in [3.63, 3.8) is 0 Å². The highest BCUT2D eigenvalue weighted by molar-refractivity contribution is 5.96. The molecule has 0 N–H and O–H groups in total. The fourth-order valence-corrected chi connectivity index (χ4v) is 7.16. The summed E-state index contributed by atoms with van der Waals surface area (Å²) in [6.45, 7) is 16.2. The first kappa shape index (κ1) is 37.3. The van der Waals surface area contributed by atoms with Crippen molar-refractivity contribution < 1.29 is 23.7 Å². The van der Waals surface area contributed by atoms with E-state index in [1.165, 1.54) is 0 Å². The van der Waals surface area contributed by atoms with Crippen LogP contribution in [-0.4, -0.2) is 45.0 Å². The van der Waals surface area contributed by atoms with E-state index in [1.807, 2.05) is 0 Å². The number of ether oxygens (including phenoxy) is 5. The van der Waals surface area contributed by atoms with Gasteiger partial charge in [-0.05, 0) is 88.2 Å². The number of aliphatic imine (C=N–C) groups is 1. The van der Waals surface area contributed by atoms with Gasteiger partial charge in [-0.15, -0.1) is 0 Å². The zero-order valence-electron chi connectivity index (χ0n) is 32.2. The summed E-state index contributed by atoms with van der Waals surface area (Å²) in [5, 5.41) is 0. The lowest BCUT2D eigenvalue weighted by Gasteiger charge is -2.23. The summed E-state index contributed by atoms with van der Waals surface area (Å²) < 4.78 is 33.0. The molecular formula is C46H57NO5. The van der Waals surface area contributed by atoms with E-state index in [-0.39, 0.29) is 6.04 Å². The molecular weight excluding hydrogens is 647 g/mol. The third kappa shape index (κ3) is 8.60. The van der Waals surface area contributed by atoms with E-state index >= 15 is 0 Å². The van der Waals surface area contributed by atoms with Crippen molar-refractivity contribution in [2.75, 3.05) is 33.0 Å². The first-order valence-electron chi connectivity index (χ1n) is 19.6. The van der Waals surface area contributed by atoms with Gasteiger partial charge in [-0.2, -0.15) is 0 Å². The van der Waals surface area contributed by atoms with Crippen LogP contribution in [0.3, 0.4) is 0 Å².